The summed E-state index contributed by atoms with van der Waals surface area (Å²) in [5, 5.41) is 9.55. The fourth-order valence-corrected chi connectivity index (χ4v) is 4.62. The molecule has 2 aromatic heterocycles. The number of amides is 1. The van der Waals surface area contributed by atoms with E-state index in [0.717, 1.165) is 28.3 Å². The summed E-state index contributed by atoms with van der Waals surface area (Å²) in [6.07, 6.45) is 2.03. The number of benzene rings is 1. The number of hydrogen-bond donors (Lipinski definition) is 1. The molecule has 26 heavy (non-hydrogen) atoms. The lowest BCUT2D eigenvalue weighted by Crippen LogP contribution is -2.30. The zero-order valence-corrected chi connectivity index (χ0v) is 16.0. The monoisotopic (exact) mass is 387 g/mol. The van der Waals surface area contributed by atoms with Crippen molar-refractivity contribution in [3.8, 4) is 0 Å². The lowest BCUT2D eigenvalue weighted by Gasteiger charge is -2.15. The van der Waals surface area contributed by atoms with Crippen LogP contribution in [0.15, 0.2) is 27.3 Å². The van der Waals surface area contributed by atoms with Gasteiger partial charge in [-0.15, -0.1) is 10.2 Å². The zero-order chi connectivity index (χ0) is 18.3. The highest BCUT2D eigenvalue weighted by atomic mass is 32.2. The number of hydrogen-bond acceptors (Lipinski definition) is 7. The molecule has 0 saturated heterocycles. The highest BCUT2D eigenvalue weighted by Gasteiger charge is 2.34. The highest BCUT2D eigenvalue weighted by molar-refractivity contribution is 8.00. The molecule has 0 unspecified atom stereocenters. The van der Waals surface area contributed by atoms with Crippen LogP contribution in [0.3, 0.4) is 0 Å². The fraction of sp³-hybridized carbons (Fsp3) is 0.353. The minimum absolute atomic E-state index is 0.00352. The van der Waals surface area contributed by atoms with Gasteiger partial charge in [-0.1, -0.05) is 35.2 Å². The molecule has 1 aromatic carbocycles. The maximum absolute atomic E-state index is 12.2. The molecule has 1 N–H and O–H groups in total. The van der Waals surface area contributed by atoms with Crippen LogP contribution in [0.1, 0.15) is 31.2 Å². The van der Waals surface area contributed by atoms with Gasteiger partial charge >= 0.3 is 0 Å². The average Bonchev–Trinajstić information content (AvgIpc) is 3.31. The van der Waals surface area contributed by atoms with Crippen LogP contribution in [0.5, 0.6) is 0 Å². The Hall–Kier alpha value is -2.26. The molecule has 2 heterocycles. The number of carbonyl (C=O) groups excluding carboxylic acids is 1. The molecule has 3 aromatic rings. The number of anilines is 1. The van der Waals surface area contributed by atoms with Gasteiger partial charge in [0.25, 0.3) is 5.56 Å². The van der Waals surface area contributed by atoms with E-state index in [-0.39, 0.29) is 17.5 Å². The van der Waals surface area contributed by atoms with Gasteiger partial charge in [0.2, 0.25) is 11.0 Å². The Labute approximate surface area is 157 Å². The van der Waals surface area contributed by atoms with Crippen LogP contribution in [0, 0.1) is 6.92 Å². The molecular weight excluding hydrogens is 370 g/mol. The largest absolute Gasteiger partial charge is 0.309 e. The van der Waals surface area contributed by atoms with E-state index < -0.39 is 0 Å². The van der Waals surface area contributed by atoms with E-state index >= 15 is 0 Å². The summed E-state index contributed by atoms with van der Waals surface area (Å²) in [4.78, 5) is 33.2. The van der Waals surface area contributed by atoms with E-state index in [1.54, 1.807) is 17.9 Å². The number of aromatic nitrogens is 4. The Kier molecular flexibility index (Phi) is 4.49. The standard InChI is InChI=1S/C17H17N5O2S2/c1-9-4-3-5-12-14(9)18-13(19-15(12)24)8-25-17-21-20-16(26-17)22(10(2)23)11-6-7-11/h3-5,11H,6-8H2,1-2H3,(H,18,19,24). The van der Waals surface area contributed by atoms with E-state index in [2.05, 4.69) is 20.2 Å². The van der Waals surface area contributed by atoms with Gasteiger partial charge in [-0.05, 0) is 31.4 Å². The summed E-state index contributed by atoms with van der Waals surface area (Å²) < 4.78 is 0.749. The first-order valence-electron chi connectivity index (χ1n) is 8.27. The Morgan fingerprint density at radius 3 is 2.92 bits per heavy atom. The molecule has 1 saturated carbocycles. The van der Waals surface area contributed by atoms with E-state index in [1.165, 1.54) is 23.1 Å². The minimum Gasteiger partial charge on any atom is -0.309 e. The number of nitrogens with one attached hydrogen (secondary N) is 1. The molecule has 0 atom stereocenters. The van der Waals surface area contributed by atoms with Crippen molar-refractivity contribution in [1.29, 1.82) is 0 Å². The third-order valence-electron chi connectivity index (χ3n) is 4.17. The molecule has 134 valence electrons. The number of carbonyl (C=O) groups is 1. The number of rotatable bonds is 5. The molecule has 1 aliphatic carbocycles. The zero-order valence-electron chi connectivity index (χ0n) is 14.4. The van der Waals surface area contributed by atoms with Crippen LogP contribution in [0.25, 0.3) is 10.9 Å². The Bertz CT molecular complexity index is 1040. The van der Waals surface area contributed by atoms with Crippen LogP contribution in [-0.4, -0.2) is 32.1 Å². The summed E-state index contributed by atoms with van der Waals surface area (Å²) >= 11 is 2.85. The van der Waals surface area contributed by atoms with Crippen LogP contribution >= 0.6 is 23.1 Å². The molecule has 1 amide bonds. The van der Waals surface area contributed by atoms with E-state index in [4.69, 9.17) is 0 Å². The molecule has 1 aliphatic rings. The third kappa shape index (κ3) is 3.36. The fourth-order valence-electron chi connectivity index (χ4n) is 2.79. The predicted octanol–water partition coefficient (Wildman–Crippen LogP) is 2.89. The first-order chi connectivity index (χ1) is 12.5. The Morgan fingerprint density at radius 2 is 2.19 bits per heavy atom. The van der Waals surface area contributed by atoms with Crippen LogP contribution in [0.2, 0.25) is 0 Å². The van der Waals surface area contributed by atoms with Gasteiger partial charge in [0, 0.05) is 13.0 Å². The number of fused-ring (bicyclic) bond motifs is 1. The van der Waals surface area contributed by atoms with Crippen LogP contribution in [0.4, 0.5) is 5.13 Å². The topological polar surface area (TPSA) is 91.8 Å². The summed E-state index contributed by atoms with van der Waals surface area (Å²) in [5.41, 5.74) is 1.56. The van der Waals surface area contributed by atoms with Crippen molar-refractivity contribution in [2.45, 2.75) is 42.8 Å². The highest BCUT2D eigenvalue weighted by Crippen LogP contribution is 2.36. The Balaban J connectivity index is 1.53. The molecular formula is C17H17N5O2S2. The van der Waals surface area contributed by atoms with Gasteiger partial charge in [-0.25, -0.2) is 4.98 Å². The van der Waals surface area contributed by atoms with Gasteiger partial charge in [-0.2, -0.15) is 0 Å². The smallest absolute Gasteiger partial charge is 0.258 e. The quantitative estimate of drug-likeness (QED) is 0.535. The third-order valence-corrected chi connectivity index (χ3v) is 6.24. The summed E-state index contributed by atoms with van der Waals surface area (Å²) in [7, 11) is 0. The average molecular weight is 387 g/mol. The van der Waals surface area contributed by atoms with Crippen molar-refractivity contribution in [2.24, 2.45) is 0 Å². The van der Waals surface area contributed by atoms with Gasteiger partial charge in [0.15, 0.2) is 4.34 Å². The molecule has 7 nitrogen and oxygen atoms in total. The maximum atomic E-state index is 12.2. The first-order valence-corrected chi connectivity index (χ1v) is 10.1. The second-order valence-corrected chi connectivity index (χ2v) is 8.42. The number of nitrogens with zero attached hydrogens (tertiary/aromatic N) is 4. The molecule has 0 aliphatic heterocycles. The maximum Gasteiger partial charge on any atom is 0.258 e. The van der Waals surface area contributed by atoms with Gasteiger partial charge in [0.05, 0.1) is 16.7 Å². The molecule has 0 bridgehead atoms. The SMILES string of the molecule is CC(=O)N(c1nnc(SCc2nc3c(C)cccc3c(=O)[nH]2)s1)C1CC1. The van der Waals surface area contributed by atoms with Crippen molar-refractivity contribution >= 4 is 45.0 Å². The van der Waals surface area contributed by atoms with Gasteiger partial charge < -0.3 is 4.98 Å². The van der Waals surface area contributed by atoms with E-state index in [0.29, 0.717) is 22.1 Å². The Morgan fingerprint density at radius 1 is 1.38 bits per heavy atom. The van der Waals surface area contributed by atoms with Crippen molar-refractivity contribution in [3.05, 3.63) is 39.9 Å². The number of H-pyrrole nitrogens is 1. The molecule has 9 heteroatoms. The number of aryl methyl sites for hydroxylation is 1. The van der Waals surface area contributed by atoms with Gasteiger partial charge in [-0.3, -0.25) is 14.5 Å². The first kappa shape index (κ1) is 17.2. The van der Waals surface area contributed by atoms with Crippen LogP contribution < -0.4 is 10.5 Å². The second kappa shape index (κ2) is 6.81. The summed E-state index contributed by atoms with van der Waals surface area (Å²) in [6, 6.07) is 5.83. The number of para-hydroxylation sites is 1. The molecule has 4 rings (SSSR count). The van der Waals surface area contributed by atoms with Gasteiger partial charge in [0.1, 0.15) is 5.82 Å². The van der Waals surface area contributed by atoms with Crippen LogP contribution in [-0.2, 0) is 10.5 Å². The van der Waals surface area contributed by atoms with E-state index in [9.17, 15) is 9.59 Å². The van der Waals surface area contributed by atoms with Crippen molar-refractivity contribution < 1.29 is 4.79 Å². The molecule has 0 radical (unpaired) electrons. The van der Waals surface area contributed by atoms with Crippen molar-refractivity contribution in [2.75, 3.05) is 4.90 Å². The minimum atomic E-state index is -0.135. The molecule has 1 fully saturated rings. The van der Waals surface area contributed by atoms with Crippen molar-refractivity contribution in [1.82, 2.24) is 20.2 Å². The normalized spacial score (nSPS) is 13.9. The number of aromatic amines is 1. The summed E-state index contributed by atoms with van der Waals surface area (Å²) in [5.74, 6) is 1.08. The summed E-state index contributed by atoms with van der Waals surface area (Å²) in [6.45, 7) is 3.50. The second-order valence-electron chi connectivity index (χ2n) is 6.24. The lowest BCUT2D eigenvalue weighted by molar-refractivity contribution is -0.116. The van der Waals surface area contributed by atoms with E-state index in [1.807, 2.05) is 19.1 Å². The number of thioether (sulfide) groups is 1. The lowest BCUT2D eigenvalue weighted by atomic mass is 10.1. The predicted molar refractivity (Wildman–Crippen MR) is 103 cm³/mol. The molecule has 0 spiro atoms. The van der Waals surface area contributed by atoms with Crippen molar-refractivity contribution in [3.63, 3.8) is 0 Å².